The van der Waals surface area contributed by atoms with Gasteiger partial charge >= 0.3 is 11.9 Å². The van der Waals surface area contributed by atoms with Crippen molar-refractivity contribution >= 4 is 34.2 Å². The number of nitrogens with one attached hydrogen (secondary N) is 1. The topological polar surface area (TPSA) is 92.7 Å². The Labute approximate surface area is 185 Å². The molecule has 2 atom stereocenters. The molecule has 1 aliphatic rings. The highest BCUT2D eigenvalue weighted by molar-refractivity contribution is 7.17. The van der Waals surface area contributed by atoms with E-state index in [-0.39, 0.29) is 6.61 Å². The van der Waals surface area contributed by atoms with Crippen LogP contribution in [0.5, 0.6) is 0 Å². The number of carboxylic acid groups (broad SMARTS) is 1. The van der Waals surface area contributed by atoms with Crippen LogP contribution in [0.15, 0.2) is 30.4 Å². The summed E-state index contributed by atoms with van der Waals surface area (Å²) in [6.45, 7) is 7.88. The van der Waals surface area contributed by atoms with Crippen molar-refractivity contribution in [3.63, 3.8) is 0 Å². The molecule has 1 amide bonds. The second-order valence-corrected chi connectivity index (χ2v) is 8.96. The summed E-state index contributed by atoms with van der Waals surface area (Å²) in [4.78, 5) is 38.4. The fourth-order valence-corrected chi connectivity index (χ4v) is 4.92. The average Bonchev–Trinajstić information content (AvgIpc) is 3.05. The summed E-state index contributed by atoms with van der Waals surface area (Å²) < 4.78 is 5.30. The minimum absolute atomic E-state index is 0.210. The van der Waals surface area contributed by atoms with E-state index < -0.39 is 29.7 Å². The van der Waals surface area contributed by atoms with E-state index in [2.05, 4.69) is 5.32 Å². The zero-order chi connectivity index (χ0) is 22.7. The number of carbonyl (C=O) groups is 3. The molecule has 0 unspecified atom stereocenters. The average molecular weight is 442 g/mol. The Kier molecular flexibility index (Phi) is 6.95. The Morgan fingerprint density at radius 2 is 1.77 bits per heavy atom. The number of esters is 1. The van der Waals surface area contributed by atoms with Crippen LogP contribution in [-0.2, 0) is 14.3 Å². The van der Waals surface area contributed by atoms with E-state index in [9.17, 15) is 19.5 Å². The van der Waals surface area contributed by atoms with E-state index in [1.54, 1.807) is 13.0 Å². The number of thiophene rings is 1. The van der Waals surface area contributed by atoms with E-state index in [0.29, 0.717) is 23.4 Å². The molecule has 0 aliphatic heterocycles. The number of amides is 1. The Hall–Kier alpha value is -2.93. The molecular weight excluding hydrogens is 414 g/mol. The number of carbonyl (C=O) groups excluding carboxylic acids is 2. The van der Waals surface area contributed by atoms with Gasteiger partial charge < -0.3 is 15.2 Å². The number of anilines is 1. The minimum atomic E-state index is -0.992. The first-order chi connectivity index (χ1) is 14.7. The van der Waals surface area contributed by atoms with E-state index in [4.69, 9.17) is 4.74 Å². The minimum Gasteiger partial charge on any atom is -0.481 e. The highest BCUT2D eigenvalue weighted by Crippen LogP contribution is 2.41. The Bertz CT molecular complexity index is 1050. The molecule has 0 saturated carbocycles. The Balaban J connectivity index is 2.03. The molecule has 6 nitrogen and oxygen atoms in total. The second kappa shape index (κ2) is 9.47. The molecule has 0 radical (unpaired) electrons. The molecule has 0 fully saturated rings. The molecule has 1 aliphatic carbocycles. The molecule has 1 heterocycles. The predicted molar refractivity (Wildman–Crippen MR) is 122 cm³/mol. The number of allylic oxidation sites excluding steroid dienone is 2. The smallest absolute Gasteiger partial charge is 0.341 e. The van der Waals surface area contributed by atoms with Crippen LogP contribution < -0.4 is 5.32 Å². The van der Waals surface area contributed by atoms with Crippen molar-refractivity contribution in [1.29, 1.82) is 0 Å². The first-order valence-electron chi connectivity index (χ1n) is 10.3. The van der Waals surface area contributed by atoms with Crippen LogP contribution in [0.2, 0.25) is 0 Å². The summed E-state index contributed by atoms with van der Waals surface area (Å²) in [6.07, 6.45) is 4.29. The Morgan fingerprint density at radius 1 is 1.10 bits per heavy atom. The lowest BCUT2D eigenvalue weighted by Gasteiger charge is -2.24. The predicted octanol–water partition coefficient (Wildman–Crippen LogP) is 5.12. The summed E-state index contributed by atoms with van der Waals surface area (Å²) in [6, 6.07) is 5.98. The molecular formula is C24H27NO5S. The molecule has 2 N–H and O–H groups in total. The number of rotatable bonds is 6. The van der Waals surface area contributed by atoms with Gasteiger partial charge in [0.05, 0.1) is 18.4 Å². The third-order valence-electron chi connectivity index (χ3n) is 5.68. The first kappa shape index (κ1) is 22.7. The van der Waals surface area contributed by atoms with Gasteiger partial charge in [-0.25, -0.2) is 4.79 Å². The van der Waals surface area contributed by atoms with E-state index in [1.165, 1.54) is 11.3 Å². The molecule has 0 bridgehead atoms. The molecule has 0 spiro atoms. The van der Waals surface area contributed by atoms with E-state index in [1.807, 2.05) is 45.0 Å². The maximum atomic E-state index is 13.0. The van der Waals surface area contributed by atoms with Gasteiger partial charge in [0, 0.05) is 10.4 Å². The standard InChI is InChI=1S/C24H27NO5S/c1-5-30-24(29)20-19(16-11-10-13(2)14(3)12-16)15(4)31-22(20)25-21(26)17-8-6-7-9-18(17)23(27)28/h6-7,10-12,17-18H,5,8-9H2,1-4H3,(H,25,26)(H,27,28)/t17-,18+/m1/s1. The van der Waals surface area contributed by atoms with Crippen molar-refractivity contribution in [2.45, 2.75) is 40.5 Å². The van der Waals surface area contributed by atoms with Crippen molar-refractivity contribution in [1.82, 2.24) is 0 Å². The van der Waals surface area contributed by atoms with Crippen molar-refractivity contribution in [2.75, 3.05) is 11.9 Å². The quantitative estimate of drug-likeness (QED) is 0.479. The molecule has 1 aromatic heterocycles. The molecule has 7 heteroatoms. The normalized spacial score (nSPS) is 17.9. The van der Waals surface area contributed by atoms with Gasteiger partial charge in [-0.15, -0.1) is 11.3 Å². The first-order valence-corrected chi connectivity index (χ1v) is 11.1. The third kappa shape index (κ3) is 4.71. The van der Waals surface area contributed by atoms with Crippen LogP contribution >= 0.6 is 11.3 Å². The van der Waals surface area contributed by atoms with E-state index in [0.717, 1.165) is 27.1 Å². The van der Waals surface area contributed by atoms with Crippen molar-refractivity contribution in [2.24, 2.45) is 11.8 Å². The van der Waals surface area contributed by atoms with Crippen LogP contribution in [0.1, 0.15) is 46.1 Å². The number of ether oxygens (including phenoxy) is 1. The molecule has 2 aromatic rings. The number of aryl methyl sites for hydroxylation is 3. The fourth-order valence-electron chi connectivity index (χ4n) is 3.86. The fraction of sp³-hybridized carbons (Fsp3) is 0.375. The lowest BCUT2D eigenvalue weighted by Crippen LogP contribution is -2.34. The van der Waals surface area contributed by atoms with E-state index >= 15 is 0 Å². The monoisotopic (exact) mass is 441 g/mol. The summed E-state index contributed by atoms with van der Waals surface area (Å²) >= 11 is 1.30. The van der Waals surface area contributed by atoms with Gasteiger partial charge in [-0.05, 0) is 57.2 Å². The maximum Gasteiger partial charge on any atom is 0.341 e. The van der Waals surface area contributed by atoms with Gasteiger partial charge in [0.15, 0.2) is 0 Å². The number of carboxylic acids is 1. The van der Waals surface area contributed by atoms with Gasteiger partial charge in [0.2, 0.25) is 5.91 Å². The van der Waals surface area contributed by atoms with Gasteiger partial charge in [0.25, 0.3) is 0 Å². The van der Waals surface area contributed by atoms with Crippen molar-refractivity contribution in [3.8, 4) is 11.1 Å². The number of hydrogen-bond acceptors (Lipinski definition) is 5. The zero-order valence-electron chi connectivity index (χ0n) is 18.2. The summed E-state index contributed by atoms with van der Waals surface area (Å²) in [5, 5.41) is 12.7. The summed E-state index contributed by atoms with van der Waals surface area (Å²) in [5.74, 6) is -3.36. The van der Waals surface area contributed by atoms with Gasteiger partial charge in [-0.2, -0.15) is 0 Å². The lowest BCUT2D eigenvalue weighted by molar-refractivity contribution is -0.146. The Morgan fingerprint density at radius 3 is 2.39 bits per heavy atom. The van der Waals surface area contributed by atoms with Gasteiger partial charge in [0.1, 0.15) is 10.6 Å². The number of benzene rings is 1. The van der Waals surface area contributed by atoms with Crippen LogP contribution in [0.25, 0.3) is 11.1 Å². The van der Waals surface area contributed by atoms with Crippen LogP contribution in [0.4, 0.5) is 5.00 Å². The highest BCUT2D eigenvalue weighted by Gasteiger charge is 2.35. The lowest BCUT2D eigenvalue weighted by atomic mass is 9.82. The van der Waals surface area contributed by atoms with Gasteiger partial charge in [-0.1, -0.05) is 30.4 Å². The summed E-state index contributed by atoms with van der Waals surface area (Å²) in [5.41, 5.74) is 4.18. The SMILES string of the molecule is CCOC(=O)c1c(NC(=O)[C@@H]2CC=CC[C@@H]2C(=O)O)sc(C)c1-c1ccc(C)c(C)c1. The summed E-state index contributed by atoms with van der Waals surface area (Å²) in [7, 11) is 0. The van der Waals surface area contributed by atoms with Crippen molar-refractivity contribution in [3.05, 3.63) is 51.9 Å². The molecule has 0 saturated heterocycles. The molecule has 31 heavy (non-hydrogen) atoms. The van der Waals surface area contributed by atoms with Crippen LogP contribution in [0, 0.1) is 32.6 Å². The van der Waals surface area contributed by atoms with Crippen molar-refractivity contribution < 1.29 is 24.2 Å². The van der Waals surface area contributed by atoms with Crippen LogP contribution in [-0.4, -0.2) is 29.6 Å². The third-order valence-corrected chi connectivity index (χ3v) is 6.70. The number of aliphatic carboxylic acids is 1. The largest absolute Gasteiger partial charge is 0.481 e. The molecule has 164 valence electrons. The zero-order valence-corrected chi connectivity index (χ0v) is 19.0. The highest BCUT2D eigenvalue weighted by atomic mass is 32.1. The molecule has 1 aromatic carbocycles. The number of hydrogen-bond donors (Lipinski definition) is 2. The molecule has 3 rings (SSSR count). The van der Waals surface area contributed by atoms with Gasteiger partial charge in [-0.3, -0.25) is 9.59 Å². The van der Waals surface area contributed by atoms with Crippen LogP contribution in [0.3, 0.4) is 0 Å². The maximum absolute atomic E-state index is 13.0. The second-order valence-electron chi connectivity index (χ2n) is 7.74.